The lowest BCUT2D eigenvalue weighted by Gasteiger charge is -2.09. The number of nitrogens with zero attached hydrogens (tertiary/aromatic N) is 1. The Morgan fingerprint density at radius 2 is 2.31 bits per heavy atom. The van der Waals surface area contributed by atoms with Gasteiger partial charge in [-0.1, -0.05) is 0 Å². The van der Waals surface area contributed by atoms with Gasteiger partial charge in [0, 0.05) is 11.1 Å². The highest BCUT2D eigenvalue weighted by molar-refractivity contribution is 7.11. The highest BCUT2D eigenvalue weighted by Crippen LogP contribution is 2.10. The molecule has 1 aromatic heterocycles. The molecule has 0 radical (unpaired) electrons. The summed E-state index contributed by atoms with van der Waals surface area (Å²) in [6.45, 7) is 2.26. The topological polar surface area (TPSA) is 111 Å². The lowest BCUT2D eigenvalue weighted by molar-refractivity contribution is -0.126. The Hall–Kier alpha value is -1.47. The van der Waals surface area contributed by atoms with Gasteiger partial charge in [0.25, 0.3) is 0 Å². The van der Waals surface area contributed by atoms with Crippen LogP contribution in [0.4, 0.5) is 0 Å². The van der Waals surface area contributed by atoms with Crippen LogP contribution in [-0.2, 0) is 16.1 Å². The number of carbonyl (C=O) groups excluding carboxylic acids is 2. The summed E-state index contributed by atoms with van der Waals surface area (Å²) in [5, 5.41) is 3.55. The van der Waals surface area contributed by atoms with E-state index in [2.05, 4.69) is 10.3 Å². The minimum atomic E-state index is -0.883. The van der Waals surface area contributed by atoms with Gasteiger partial charge < -0.3 is 16.8 Å². The van der Waals surface area contributed by atoms with Crippen LogP contribution >= 0.6 is 11.3 Å². The van der Waals surface area contributed by atoms with Crippen molar-refractivity contribution in [1.82, 2.24) is 10.3 Å². The Labute approximate surface area is 97.0 Å². The molecule has 7 heteroatoms. The Morgan fingerprint density at radius 3 is 2.81 bits per heavy atom. The van der Waals surface area contributed by atoms with Crippen molar-refractivity contribution in [3.63, 3.8) is 0 Å². The van der Waals surface area contributed by atoms with Crippen LogP contribution < -0.4 is 16.8 Å². The molecule has 0 fully saturated rings. The number of hydrogen-bond acceptors (Lipinski definition) is 5. The summed E-state index contributed by atoms with van der Waals surface area (Å²) in [6, 6.07) is -0.883. The van der Waals surface area contributed by atoms with Gasteiger partial charge in [-0.2, -0.15) is 0 Å². The number of nitrogens with two attached hydrogens (primary N) is 2. The molecule has 0 aliphatic rings. The van der Waals surface area contributed by atoms with E-state index in [0.29, 0.717) is 6.54 Å². The van der Waals surface area contributed by atoms with Gasteiger partial charge in [0.1, 0.15) is 0 Å². The first kappa shape index (κ1) is 12.6. The van der Waals surface area contributed by atoms with Gasteiger partial charge in [-0.25, -0.2) is 4.98 Å². The summed E-state index contributed by atoms with van der Waals surface area (Å²) >= 11 is 1.50. The second-order valence-electron chi connectivity index (χ2n) is 3.34. The molecular weight excluding hydrogens is 228 g/mol. The molecule has 0 bridgehead atoms. The van der Waals surface area contributed by atoms with E-state index in [1.54, 1.807) is 6.20 Å². The molecule has 88 valence electrons. The zero-order valence-electron chi connectivity index (χ0n) is 8.90. The van der Waals surface area contributed by atoms with Crippen LogP contribution in [0.1, 0.15) is 16.3 Å². The molecule has 16 heavy (non-hydrogen) atoms. The largest absolute Gasteiger partial charge is 0.370 e. The Kier molecular flexibility index (Phi) is 4.39. The summed E-state index contributed by atoms with van der Waals surface area (Å²) < 4.78 is 0. The quantitative estimate of drug-likeness (QED) is 0.632. The molecule has 0 aliphatic heterocycles. The minimum Gasteiger partial charge on any atom is -0.370 e. The van der Waals surface area contributed by atoms with E-state index >= 15 is 0 Å². The minimum absolute atomic E-state index is 0.145. The predicted molar refractivity (Wildman–Crippen MR) is 60.5 cm³/mol. The van der Waals surface area contributed by atoms with Crippen LogP contribution in [-0.4, -0.2) is 22.8 Å². The Bertz CT molecular complexity index is 391. The molecule has 1 aromatic rings. The molecule has 1 atom stereocenters. The van der Waals surface area contributed by atoms with Gasteiger partial charge in [-0.05, 0) is 6.92 Å². The summed E-state index contributed by atoms with van der Waals surface area (Å²) in [4.78, 5) is 26.9. The first-order valence-electron chi connectivity index (χ1n) is 4.72. The van der Waals surface area contributed by atoms with E-state index in [9.17, 15) is 9.59 Å². The maximum Gasteiger partial charge on any atom is 0.237 e. The van der Waals surface area contributed by atoms with Crippen molar-refractivity contribution >= 4 is 23.2 Å². The number of aromatic nitrogens is 1. The average molecular weight is 242 g/mol. The van der Waals surface area contributed by atoms with E-state index in [0.717, 1.165) is 9.88 Å². The Morgan fingerprint density at radius 1 is 1.62 bits per heavy atom. The zero-order valence-corrected chi connectivity index (χ0v) is 9.71. The van der Waals surface area contributed by atoms with Crippen LogP contribution in [0.5, 0.6) is 0 Å². The molecular formula is C9H14N4O2S. The third-order valence-electron chi connectivity index (χ3n) is 1.86. The SMILES string of the molecule is Cc1ncc(CNC(=O)C(N)CC(N)=O)s1. The van der Waals surface area contributed by atoms with Crippen molar-refractivity contribution in [1.29, 1.82) is 0 Å². The number of nitrogens with one attached hydrogen (secondary N) is 1. The second-order valence-corrected chi connectivity index (χ2v) is 4.66. The maximum absolute atomic E-state index is 11.4. The number of amides is 2. The van der Waals surface area contributed by atoms with E-state index < -0.39 is 11.9 Å². The fourth-order valence-corrected chi connectivity index (χ4v) is 1.84. The monoisotopic (exact) mass is 242 g/mol. The number of hydrogen-bond donors (Lipinski definition) is 3. The average Bonchev–Trinajstić information content (AvgIpc) is 2.59. The molecule has 2 amide bonds. The molecule has 1 heterocycles. The normalized spacial score (nSPS) is 12.1. The van der Waals surface area contributed by atoms with Crippen LogP contribution in [0.3, 0.4) is 0 Å². The number of aryl methyl sites for hydroxylation is 1. The number of thiazole rings is 1. The van der Waals surface area contributed by atoms with Crippen molar-refractivity contribution in [3.05, 3.63) is 16.1 Å². The lowest BCUT2D eigenvalue weighted by Crippen LogP contribution is -2.42. The second kappa shape index (κ2) is 5.57. The van der Waals surface area contributed by atoms with Crippen molar-refractivity contribution < 1.29 is 9.59 Å². The summed E-state index contributed by atoms with van der Waals surface area (Å²) in [6.07, 6.45) is 1.55. The molecule has 0 saturated carbocycles. The zero-order chi connectivity index (χ0) is 12.1. The van der Waals surface area contributed by atoms with Gasteiger partial charge in [0.2, 0.25) is 11.8 Å². The molecule has 0 saturated heterocycles. The third kappa shape index (κ3) is 3.95. The van der Waals surface area contributed by atoms with Crippen LogP contribution in [0.15, 0.2) is 6.20 Å². The predicted octanol–water partition coefficient (Wildman–Crippen LogP) is -0.730. The van der Waals surface area contributed by atoms with E-state index in [1.807, 2.05) is 6.92 Å². The smallest absolute Gasteiger partial charge is 0.237 e. The van der Waals surface area contributed by atoms with Gasteiger partial charge in [-0.15, -0.1) is 11.3 Å². The van der Waals surface area contributed by atoms with E-state index in [1.165, 1.54) is 11.3 Å². The number of rotatable bonds is 5. The van der Waals surface area contributed by atoms with E-state index in [-0.39, 0.29) is 12.3 Å². The highest BCUT2D eigenvalue weighted by Gasteiger charge is 2.15. The summed E-state index contributed by atoms with van der Waals surface area (Å²) in [7, 11) is 0. The highest BCUT2D eigenvalue weighted by atomic mass is 32.1. The number of primary amides is 1. The van der Waals surface area contributed by atoms with Gasteiger partial charge >= 0.3 is 0 Å². The molecule has 5 N–H and O–H groups in total. The molecule has 0 aromatic carbocycles. The van der Waals surface area contributed by atoms with Gasteiger partial charge in [0.15, 0.2) is 0 Å². The van der Waals surface area contributed by atoms with Crippen LogP contribution in [0, 0.1) is 6.92 Å². The van der Waals surface area contributed by atoms with Gasteiger partial charge in [0.05, 0.1) is 24.0 Å². The molecule has 0 aliphatic carbocycles. The first-order valence-corrected chi connectivity index (χ1v) is 5.53. The van der Waals surface area contributed by atoms with Crippen molar-refractivity contribution in [2.45, 2.75) is 25.9 Å². The van der Waals surface area contributed by atoms with Gasteiger partial charge in [-0.3, -0.25) is 9.59 Å². The Balaban J connectivity index is 2.37. The van der Waals surface area contributed by atoms with E-state index in [4.69, 9.17) is 11.5 Å². The third-order valence-corrected chi connectivity index (χ3v) is 2.78. The maximum atomic E-state index is 11.4. The fourth-order valence-electron chi connectivity index (χ4n) is 1.10. The lowest BCUT2D eigenvalue weighted by atomic mass is 10.2. The van der Waals surface area contributed by atoms with Crippen molar-refractivity contribution in [2.24, 2.45) is 11.5 Å². The fraction of sp³-hybridized carbons (Fsp3) is 0.444. The first-order chi connectivity index (χ1) is 7.49. The summed E-state index contributed by atoms with van der Waals surface area (Å²) in [5.41, 5.74) is 10.4. The van der Waals surface area contributed by atoms with Crippen LogP contribution in [0.2, 0.25) is 0 Å². The molecule has 1 unspecified atom stereocenters. The van der Waals surface area contributed by atoms with Crippen molar-refractivity contribution in [3.8, 4) is 0 Å². The standard InChI is InChI=1S/C9H14N4O2S/c1-5-12-3-6(16-5)4-13-9(15)7(10)2-8(11)14/h3,7H,2,4,10H2,1H3,(H2,11,14)(H,13,15). The van der Waals surface area contributed by atoms with Crippen LogP contribution in [0.25, 0.3) is 0 Å². The molecule has 0 spiro atoms. The number of carbonyl (C=O) groups is 2. The summed E-state index contributed by atoms with van der Waals surface area (Å²) in [5.74, 6) is -0.971. The van der Waals surface area contributed by atoms with Crippen molar-refractivity contribution in [2.75, 3.05) is 0 Å². The molecule has 6 nitrogen and oxygen atoms in total. The molecule has 1 rings (SSSR count).